The SMILES string of the molecule is Cn1ccnc1CSc1nnc(-c2ccc(C(C)(C)C)cc2)n1N. The first-order valence-corrected chi connectivity index (χ1v) is 8.75. The van der Waals surface area contributed by atoms with Crippen LogP contribution in [0.25, 0.3) is 11.4 Å². The monoisotopic (exact) mass is 342 g/mol. The lowest BCUT2D eigenvalue weighted by Crippen LogP contribution is -2.13. The van der Waals surface area contributed by atoms with Crippen LogP contribution < -0.4 is 5.84 Å². The van der Waals surface area contributed by atoms with E-state index < -0.39 is 0 Å². The zero-order valence-electron chi connectivity index (χ0n) is 14.4. The van der Waals surface area contributed by atoms with Gasteiger partial charge in [0, 0.05) is 25.0 Å². The summed E-state index contributed by atoms with van der Waals surface area (Å²) in [5, 5.41) is 9.12. The van der Waals surface area contributed by atoms with Crippen molar-refractivity contribution in [2.24, 2.45) is 7.05 Å². The lowest BCUT2D eigenvalue weighted by atomic mass is 9.87. The minimum atomic E-state index is 0.123. The van der Waals surface area contributed by atoms with Crippen molar-refractivity contribution in [2.75, 3.05) is 5.84 Å². The van der Waals surface area contributed by atoms with Gasteiger partial charge in [0.15, 0.2) is 5.82 Å². The van der Waals surface area contributed by atoms with Gasteiger partial charge in [-0.05, 0) is 11.0 Å². The van der Waals surface area contributed by atoms with E-state index in [4.69, 9.17) is 5.84 Å². The topological polar surface area (TPSA) is 74.5 Å². The van der Waals surface area contributed by atoms with Crippen LogP contribution in [0.4, 0.5) is 0 Å². The molecule has 0 aliphatic carbocycles. The van der Waals surface area contributed by atoms with Crippen LogP contribution in [0, 0.1) is 0 Å². The molecule has 0 saturated heterocycles. The molecule has 3 rings (SSSR count). The second kappa shape index (κ2) is 6.32. The van der Waals surface area contributed by atoms with Crippen LogP contribution in [-0.2, 0) is 18.2 Å². The number of nitrogens with zero attached hydrogens (tertiary/aromatic N) is 5. The number of hydrogen-bond donors (Lipinski definition) is 1. The third-order valence-electron chi connectivity index (χ3n) is 3.92. The number of rotatable bonds is 4. The summed E-state index contributed by atoms with van der Waals surface area (Å²) in [6.07, 6.45) is 3.70. The van der Waals surface area contributed by atoms with E-state index in [0.29, 0.717) is 16.7 Å². The summed E-state index contributed by atoms with van der Waals surface area (Å²) in [4.78, 5) is 4.30. The maximum absolute atomic E-state index is 6.18. The van der Waals surface area contributed by atoms with Crippen LogP contribution in [-0.4, -0.2) is 24.4 Å². The number of thioether (sulfide) groups is 1. The van der Waals surface area contributed by atoms with Crippen molar-refractivity contribution in [3.05, 3.63) is 48.0 Å². The first-order chi connectivity index (χ1) is 11.4. The number of aryl methyl sites for hydroxylation is 1. The molecule has 6 nitrogen and oxygen atoms in total. The zero-order valence-corrected chi connectivity index (χ0v) is 15.2. The van der Waals surface area contributed by atoms with Gasteiger partial charge in [-0.2, -0.15) is 0 Å². The molecule has 0 bridgehead atoms. The molecule has 2 N–H and O–H groups in total. The van der Waals surface area contributed by atoms with Crippen LogP contribution in [0.15, 0.2) is 41.8 Å². The molecule has 0 atom stereocenters. The van der Waals surface area contributed by atoms with Crippen LogP contribution in [0.3, 0.4) is 0 Å². The molecule has 3 aromatic rings. The first-order valence-electron chi connectivity index (χ1n) is 7.76. The van der Waals surface area contributed by atoms with E-state index >= 15 is 0 Å². The predicted octanol–water partition coefficient (Wildman–Crippen LogP) is 2.98. The Bertz CT molecular complexity index is 826. The Labute approximate surface area is 146 Å². The molecule has 2 aromatic heterocycles. The number of nitrogens with two attached hydrogens (primary N) is 1. The minimum absolute atomic E-state index is 0.123. The third kappa shape index (κ3) is 3.31. The number of hydrogen-bond acceptors (Lipinski definition) is 5. The molecule has 0 radical (unpaired) electrons. The van der Waals surface area contributed by atoms with Gasteiger partial charge in [-0.3, -0.25) is 0 Å². The van der Waals surface area contributed by atoms with Crippen LogP contribution >= 0.6 is 11.8 Å². The van der Waals surface area contributed by atoms with E-state index in [2.05, 4.69) is 48.1 Å². The van der Waals surface area contributed by atoms with Gasteiger partial charge in [0.25, 0.3) is 0 Å². The summed E-state index contributed by atoms with van der Waals surface area (Å²) < 4.78 is 3.52. The maximum atomic E-state index is 6.18. The molecule has 126 valence electrons. The Morgan fingerprint density at radius 1 is 1.12 bits per heavy atom. The molecule has 0 spiro atoms. The average molecular weight is 342 g/mol. The van der Waals surface area contributed by atoms with E-state index in [-0.39, 0.29) is 5.41 Å². The molecule has 24 heavy (non-hydrogen) atoms. The van der Waals surface area contributed by atoms with Crippen molar-refractivity contribution < 1.29 is 0 Å². The van der Waals surface area contributed by atoms with E-state index in [1.165, 1.54) is 17.3 Å². The van der Waals surface area contributed by atoms with Gasteiger partial charge in [0.2, 0.25) is 5.16 Å². The summed E-state index contributed by atoms with van der Waals surface area (Å²) in [7, 11) is 1.97. The first kappa shape index (κ1) is 16.6. The Hall–Kier alpha value is -2.28. The second-order valence-electron chi connectivity index (χ2n) is 6.75. The predicted molar refractivity (Wildman–Crippen MR) is 97.1 cm³/mol. The fraction of sp³-hybridized carbons (Fsp3) is 0.353. The van der Waals surface area contributed by atoms with Gasteiger partial charge in [-0.15, -0.1) is 10.2 Å². The molecule has 0 fully saturated rings. The van der Waals surface area contributed by atoms with Crippen molar-refractivity contribution in [3.63, 3.8) is 0 Å². The Balaban J connectivity index is 1.78. The quantitative estimate of drug-likeness (QED) is 0.583. The maximum Gasteiger partial charge on any atom is 0.210 e. The summed E-state index contributed by atoms with van der Waals surface area (Å²) in [6, 6.07) is 8.32. The molecule has 0 saturated carbocycles. The fourth-order valence-electron chi connectivity index (χ4n) is 2.36. The molecular weight excluding hydrogens is 320 g/mol. The van der Waals surface area contributed by atoms with Gasteiger partial charge in [0.1, 0.15) is 5.82 Å². The highest BCUT2D eigenvalue weighted by Gasteiger charge is 2.16. The van der Waals surface area contributed by atoms with Gasteiger partial charge in [0.05, 0.1) is 5.75 Å². The highest BCUT2D eigenvalue weighted by Crippen LogP contribution is 2.27. The molecular formula is C17H22N6S. The average Bonchev–Trinajstić information content (AvgIpc) is 3.10. The van der Waals surface area contributed by atoms with Gasteiger partial charge in [-0.1, -0.05) is 56.8 Å². The Morgan fingerprint density at radius 2 is 1.83 bits per heavy atom. The number of nitrogen functional groups attached to an aromatic ring is 1. The van der Waals surface area contributed by atoms with Gasteiger partial charge < -0.3 is 10.4 Å². The van der Waals surface area contributed by atoms with Crippen LogP contribution in [0.1, 0.15) is 32.2 Å². The second-order valence-corrected chi connectivity index (χ2v) is 7.69. The van der Waals surface area contributed by atoms with E-state index in [1.807, 2.05) is 29.9 Å². The molecule has 2 heterocycles. The fourth-order valence-corrected chi connectivity index (χ4v) is 3.22. The summed E-state index contributed by atoms with van der Waals surface area (Å²) >= 11 is 1.52. The van der Waals surface area contributed by atoms with Crippen LogP contribution in [0.2, 0.25) is 0 Å². The van der Waals surface area contributed by atoms with E-state index in [1.54, 1.807) is 10.9 Å². The van der Waals surface area contributed by atoms with Gasteiger partial charge in [-0.25, -0.2) is 9.66 Å². The van der Waals surface area contributed by atoms with Crippen LogP contribution in [0.5, 0.6) is 0 Å². The molecule has 0 aliphatic rings. The standard InChI is InChI=1S/C17H22N6S/c1-17(2,3)13-7-5-12(6-8-13)15-20-21-16(23(15)18)24-11-14-19-9-10-22(14)4/h5-10H,11,18H2,1-4H3. The van der Waals surface area contributed by atoms with Crippen molar-refractivity contribution >= 4 is 11.8 Å². The largest absolute Gasteiger partial charge is 0.337 e. The smallest absolute Gasteiger partial charge is 0.210 e. The van der Waals surface area contributed by atoms with Gasteiger partial charge >= 0.3 is 0 Å². The highest BCUT2D eigenvalue weighted by molar-refractivity contribution is 7.98. The molecule has 0 aliphatic heterocycles. The molecule has 1 aromatic carbocycles. The normalized spacial score (nSPS) is 11.8. The lowest BCUT2D eigenvalue weighted by molar-refractivity contribution is 0.590. The summed E-state index contributed by atoms with van der Waals surface area (Å²) in [5.74, 6) is 8.51. The Morgan fingerprint density at radius 3 is 2.42 bits per heavy atom. The van der Waals surface area contributed by atoms with Crippen molar-refractivity contribution in [1.29, 1.82) is 0 Å². The van der Waals surface area contributed by atoms with E-state index in [0.717, 1.165) is 11.4 Å². The number of benzene rings is 1. The third-order valence-corrected chi connectivity index (χ3v) is 4.86. The van der Waals surface area contributed by atoms with Crippen molar-refractivity contribution in [3.8, 4) is 11.4 Å². The number of imidazole rings is 1. The lowest BCUT2D eigenvalue weighted by Gasteiger charge is -2.19. The molecule has 0 amide bonds. The summed E-state index contributed by atoms with van der Waals surface area (Å²) in [6.45, 7) is 6.58. The van der Waals surface area contributed by atoms with Crippen molar-refractivity contribution in [2.45, 2.75) is 37.1 Å². The Kier molecular flexibility index (Phi) is 4.36. The molecule has 0 unspecified atom stereocenters. The number of aromatic nitrogens is 5. The minimum Gasteiger partial charge on any atom is -0.337 e. The summed E-state index contributed by atoms with van der Waals surface area (Å²) in [5.41, 5.74) is 2.36. The highest BCUT2D eigenvalue weighted by atomic mass is 32.2. The molecule has 7 heteroatoms. The zero-order chi connectivity index (χ0) is 17.3. The van der Waals surface area contributed by atoms with Crippen molar-refractivity contribution in [1.82, 2.24) is 24.4 Å². The van der Waals surface area contributed by atoms with E-state index in [9.17, 15) is 0 Å².